The van der Waals surface area contributed by atoms with Crippen LogP contribution in [0.15, 0.2) is 29.0 Å². The van der Waals surface area contributed by atoms with Gasteiger partial charge in [-0.05, 0) is 44.3 Å². The van der Waals surface area contributed by atoms with Crippen LogP contribution in [-0.4, -0.2) is 17.3 Å². The summed E-state index contributed by atoms with van der Waals surface area (Å²) in [5, 5.41) is 6.34. The highest BCUT2D eigenvalue weighted by Crippen LogP contribution is 2.16. The van der Waals surface area contributed by atoms with E-state index < -0.39 is 0 Å². The Balaban J connectivity index is 2.92. The highest BCUT2D eigenvalue weighted by Gasteiger charge is 2.14. The monoisotopic (exact) mass is 216 g/mol. The summed E-state index contributed by atoms with van der Waals surface area (Å²) in [6, 6.07) is 0.279. The lowest BCUT2D eigenvalue weighted by Gasteiger charge is -2.26. The van der Waals surface area contributed by atoms with Gasteiger partial charge in [0.25, 0.3) is 0 Å². The molecule has 86 valence electrons. The first-order valence-electron chi connectivity index (χ1n) is 5.83. The molecule has 0 saturated heterocycles. The van der Waals surface area contributed by atoms with E-state index in [1.54, 1.807) is 0 Å². The lowest BCUT2D eigenvalue weighted by atomic mass is 10.1. The second kappa shape index (κ2) is 6.17. The van der Waals surface area contributed by atoms with E-state index >= 15 is 0 Å². The first-order valence-corrected chi connectivity index (χ1v) is 5.83. The molecule has 0 aromatic rings. The minimum absolute atomic E-state index is 0.279. The lowest BCUT2D eigenvalue weighted by molar-refractivity contribution is 0.332. The van der Waals surface area contributed by atoms with Gasteiger partial charge in [-0.1, -0.05) is 25.8 Å². The van der Waals surface area contributed by atoms with Crippen molar-refractivity contribution >= 4 is 6.21 Å². The van der Waals surface area contributed by atoms with Crippen LogP contribution in [0.1, 0.15) is 34.1 Å². The minimum Gasteiger partial charge on any atom is -0.251 e. The molecular weight excluding hydrogens is 196 g/mol. The quantitative estimate of drug-likeness (QED) is 0.661. The lowest BCUT2D eigenvalue weighted by Crippen LogP contribution is -2.27. The molecule has 0 aromatic heterocycles. The fourth-order valence-electron chi connectivity index (χ4n) is 1.48. The molecule has 0 radical (unpaired) electrons. The maximum Gasteiger partial charge on any atom is 0.106 e. The molecule has 0 aromatic carbocycles. The summed E-state index contributed by atoms with van der Waals surface area (Å²) in [7, 11) is 0. The van der Waals surface area contributed by atoms with Gasteiger partial charge in [-0.3, -0.25) is 5.01 Å². The van der Waals surface area contributed by atoms with Gasteiger partial charge in [0.15, 0.2) is 0 Å². The SMILES string of the molecule is CC#CC(=CC(C)CC)N1N=CC=CC1C. The van der Waals surface area contributed by atoms with Crippen molar-refractivity contribution in [2.75, 3.05) is 0 Å². The maximum atomic E-state index is 4.37. The van der Waals surface area contributed by atoms with Crippen LogP contribution in [0.3, 0.4) is 0 Å². The summed E-state index contributed by atoms with van der Waals surface area (Å²) in [6.45, 7) is 8.36. The molecule has 0 saturated carbocycles. The van der Waals surface area contributed by atoms with E-state index in [-0.39, 0.29) is 6.04 Å². The van der Waals surface area contributed by atoms with E-state index in [2.05, 4.69) is 49.9 Å². The molecule has 0 aliphatic carbocycles. The summed E-state index contributed by atoms with van der Waals surface area (Å²) in [4.78, 5) is 0. The first kappa shape index (κ1) is 12.6. The summed E-state index contributed by atoms with van der Waals surface area (Å²) < 4.78 is 0. The Labute approximate surface area is 98.7 Å². The van der Waals surface area contributed by atoms with Crippen molar-refractivity contribution in [3.05, 3.63) is 23.9 Å². The van der Waals surface area contributed by atoms with Crippen molar-refractivity contribution < 1.29 is 0 Å². The highest BCUT2D eigenvalue weighted by atomic mass is 15.5. The largest absolute Gasteiger partial charge is 0.251 e. The predicted molar refractivity (Wildman–Crippen MR) is 69.9 cm³/mol. The molecule has 2 unspecified atom stereocenters. The summed E-state index contributed by atoms with van der Waals surface area (Å²) in [5.74, 6) is 6.63. The number of rotatable bonds is 3. The van der Waals surface area contributed by atoms with Crippen LogP contribution in [0.25, 0.3) is 0 Å². The van der Waals surface area contributed by atoms with E-state index in [1.807, 2.05) is 24.2 Å². The molecule has 1 aliphatic heterocycles. The van der Waals surface area contributed by atoms with E-state index in [0.717, 1.165) is 12.1 Å². The molecule has 0 amide bonds. The third kappa shape index (κ3) is 3.27. The van der Waals surface area contributed by atoms with Crippen molar-refractivity contribution in [3.63, 3.8) is 0 Å². The summed E-state index contributed by atoms with van der Waals surface area (Å²) in [5.41, 5.74) is 1.00. The van der Waals surface area contributed by atoms with Crippen LogP contribution in [0.2, 0.25) is 0 Å². The normalized spacial score (nSPS) is 21.6. The van der Waals surface area contributed by atoms with E-state index in [0.29, 0.717) is 5.92 Å². The Kier molecular flexibility index (Phi) is 4.85. The number of hydrogen-bond acceptors (Lipinski definition) is 2. The maximum absolute atomic E-state index is 4.37. The van der Waals surface area contributed by atoms with Crippen molar-refractivity contribution in [1.29, 1.82) is 0 Å². The van der Waals surface area contributed by atoms with Gasteiger partial charge in [-0.25, -0.2) is 0 Å². The average Bonchev–Trinajstić information content (AvgIpc) is 2.29. The molecule has 1 aliphatic rings. The van der Waals surface area contributed by atoms with Gasteiger partial charge in [-0.15, -0.1) is 0 Å². The number of hydrogen-bond donors (Lipinski definition) is 0. The zero-order valence-corrected chi connectivity index (χ0v) is 10.6. The fraction of sp³-hybridized carbons (Fsp3) is 0.500. The number of allylic oxidation sites excluding steroid dienone is 3. The van der Waals surface area contributed by atoms with Crippen molar-refractivity contribution in [3.8, 4) is 11.8 Å². The smallest absolute Gasteiger partial charge is 0.106 e. The molecule has 2 nitrogen and oxygen atoms in total. The third-order valence-corrected chi connectivity index (χ3v) is 2.64. The van der Waals surface area contributed by atoms with Gasteiger partial charge in [0.05, 0.1) is 6.04 Å². The fourth-order valence-corrected chi connectivity index (χ4v) is 1.48. The molecule has 1 heterocycles. The number of nitrogens with zero attached hydrogens (tertiary/aromatic N) is 2. The third-order valence-electron chi connectivity index (χ3n) is 2.64. The first-order chi connectivity index (χ1) is 7.69. The Morgan fingerprint density at radius 3 is 2.94 bits per heavy atom. The zero-order chi connectivity index (χ0) is 12.0. The van der Waals surface area contributed by atoms with Crippen LogP contribution < -0.4 is 0 Å². The van der Waals surface area contributed by atoms with Crippen LogP contribution in [0, 0.1) is 17.8 Å². The predicted octanol–water partition coefficient (Wildman–Crippen LogP) is 3.19. The van der Waals surface area contributed by atoms with Crippen LogP contribution in [-0.2, 0) is 0 Å². The van der Waals surface area contributed by atoms with Crippen LogP contribution in [0.4, 0.5) is 0 Å². The number of hydrazone groups is 1. The Bertz CT molecular complexity index is 366. The Morgan fingerprint density at radius 2 is 2.38 bits per heavy atom. The van der Waals surface area contributed by atoms with E-state index in [4.69, 9.17) is 0 Å². The average molecular weight is 216 g/mol. The topological polar surface area (TPSA) is 15.6 Å². The van der Waals surface area contributed by atoms with E-state index in [9.17, 15) is 0 Å². The van der Waals surface area contributed by atoms with Crippen molar-refractivity contribution in [2.24, 2.45) is 11.0 Å². The highest BCUT2D eigenvalue weighted by molar-refractivity contribution is 5.72. The van der Waals surface area contributed by atoms with Gasteiger partial charge in [0.1, 0.15) is 5.70 Å². The van der Waals surface area contributed by atoms with Gasteiger partial charge < -0.3 is 0 Å². The molecule has 16 heavy (non-hydrogen) atoms. The molecule has 2 atom stereocenters. The van der Waals surface area contributed by atoms with Gasteiger partial charge in [0.2, 0.25) is 0 Å². The van der Waals surface area contributed by atoms with Gasteiger partial charge in [-0.2, -0.15) is 5.10 Å². The molecule has 1 rings (SSSR count). The van der Waals surface area contributed by atoms with Crippen molar-refractivity contribution in [1.82, 2.24) is 5.01 Å². The summed E-state index contributed by atoms with van der Waals surface area (Å²) >= 11 is 0. The standard InChI is InChI=1S/C14H20N2/c1-5-8-14(11-12(3)6-2)16-13(4)9-7-10-15-16/h7,9-13H,6H2,1-4H3. The molecule has 0 fully saturated rings. The van der Waals surface area contributed by atoms with Crippen LogP contribution in [0.5, 0.6) is 0 Å². The second-order valence-electron chi connectivity index (χ2n) is 4.05. The van der Waals surface area contributed by atoms with E-state index in [1.165, 1.54) is 0 Å². The summed E-state index contributed by atoms with van der Waals surface area (Å²) in [6.07, 6.45) is 9.22. The Hall–Kier alpha value is -1.49. The molecule has 2 heteroatoms. The second-order valence-corrected chi connectivity index (χ2v) is 4.05. The molecular formula is C14H20N2. The molecule has 0 N–H and O–H groups in total. The van der Waals surface area contributed by atoms with Crippen molar-refractivity contribution in [2.45, 2.75) is 40.2 Å². The minimum atomic E-state index is 0.279. The zero-order valence-electron chi connectivity index (χ0n) is 10.6. The Morgan fingerprint density at radius 1 is 1.62 bits per heavy atom. The molecule has 0 spiro atoms. The molecule has 0 bridgehead atoms. The van der Waals surface area contributed by atoms with Gasteiger partial charge >= 0.3 is 0 Å². The van der Waals surface area contributed by atoms with Gasteiger partial charge in [0, 0.05) is 6.21 Å². The van der Waals surface area contributed by atoms with Crippen LogP contribution >= 0.6 is 0 Å².